The molecule has 2 rings (SSSR count). The summed E-state index contributed by atoms with van der Waals surface area (Å²) in [6, 6.07) is 6.46. The summed E-state index contributed by atoms with van der Waals surface area (Å²) in [5.74, 6) is -0.188. The molecule has 0 spiro atoms. The zero-order valence-electron chi connectivity index (χ0n) is 12.0. The molecule has 0 saturated carbocycles. The van der Waals surface area contributed by atoms with Crippen LogP contribution in [-0.2, 0) is 4.79 Å². The number of halogens is 1. The summed E-state index contributed by atoms with van der Waals surface area (Å²) in [5.41, 5.74) is 1.54. The summed E-state index contributed by atoms with van der Waals surface area (Å²) in [5, 5.41) is 3.13. The van der Waals surface area contributed by atoms with Gasteiger partial charge in [0.2, 0.25) is 5.91 Å². The van der Waals surface area contributed by atoms with Crippen molar-refractivity contribution in [2.75, 3.05) is 20.1 Å². The minimum Gasteiger partial charge on any atom is -0.335 e. The molecule has 1 atom stereocenters. The maximum Gasteiger partial charge on any atom is 0.249 e. The molecule has 1 saturated heterocycles. The zero-order chi connectivity index (χ0) is 14.5. The van der Waals surface area contributed by atoms with E-state index in [1.54, 1.807) is 12.1 Å². The lowest BCUT2D eigenvalue weighted by molar-refractivity contribution is -0.127. The fraction of sp³-hybridized carbons (Fsp3) is 0.438. The smallest absolute Gasteiger partial charge is 0.249 e. The number of benzene rings is 1. The first-order valence-corrected chi connectivity index (χ1v) is 7.01. The van der Waals surface area contributed by atoms with E-state index >= 15 is 0 Å². The van der Waals surface area contributed by atoms with Gasteiger partial charge in [-0.3, -0.25) is 4.79 Å². The molecule has 1 amide bonds. The normalized spacial score (nSPS) is 19.4. The topological polar surface area (TPSA) is 32.3 Å². The van der Waals surface area contributed by atoms with Crippen LogP contribution in [0.3, 0.4) is 0 Å². The van der Waals surface area contributed by atoms with Crippen molar-refractivity contribution in [3.63, 3.8) is 0 Å². The van der Waals surface area contributed by atoms with Crippen LogP contribution in [0.15, 0.2) is 29.8 Å². The quantitative estimate of drug-likeness (QED) is 0.857. The average molecular weight is 276 g/mol. The van der Waals surface area contributed by atoms with Crippen LogP contribution in [-0.4, -0.2) is 37.0 Å². The molecule has 1 aromatic rings. The van der Waals surface area contributed by atoms with Gasteiger partial charge >= 0.3 is 0 Å². The van der Waals surface area contributed by atoms with Crippen molar-refractivity contribution in [2.24, 2.45) is 0 Å². The number of carbonyl (C=O) groups excluding carboxylic acids is 1. The highest BCUT2D eigenvalue weighted by molar-refractivity contribution is 5.97. The number of carbonyl (C=O) groups is 1. The van der Waals surface area contributed by atoms with Gasteiger partial charge in [0.05, 0.1) is 0 Å². The number of nitrogens with zero attached hydrogens (tertiary/aromatic N) is 1. The second kappa shape index (κ2) is 6.66. The first kappa shape index (κ1) is 14.7. The summed E-state index contributed by atoms with van der Waals surface area (Å²) < 4.78 is 12.9. The summed E-state index contributed by atoms with van der Waals surface area (Å²) in [6.45, 7) is 3.47. The maximum absolute atomic E-state index is 12.9. The Bertz CT molecular complexity index is 496. The van der Waals surface area contributed by atoms with Gasteiger partial charge in [0.15, 0.2) is 0 Å². The Hall–Kier alpha value is -1.68. The van der Waals surface area contributed by atoms with Gasteiger partial charge < -0.3 is 10.2 Å². The van der Waals surface area contributed by atoms with Crippen LogP contribution < -0.4 is 5.32 Å². The number of likely N-dealkylation sites (tertiary alicyclic amines) is 1. The van der Waals surface area contributed by atoms with Crippen molar-refractivity contribution in [1.82, 2.24) is 10.2 Å². The number of rotatable bonds is 4. The second-order valence-electron chi connectivity index (χ2n) is 5.23. The van der Waals surface area contributed by atoms with E-state index in [0.29, 0.717) is 5.57 Å². The van der Waals surface area contributed by atoms with Crippen LogP contribution in [0.25, 0.3) is 6.08 Å². The third-order valence-electron chi connectivity index (χ3n) is 3.67. The molecule has 3 nitrogen and oxygen atoms in total. The van der Waals surface area contributed by atoms with Gasteiger partial charge in [-0.2, -0.15) is 0 Å². The molecule has 20 heavy (non-hydrogen) atoms. The minimum absolute atomic E-state index is 0.0760. The molecule has 0 radical (unpaired) electrons. The lowest BCUT2D eigenvalue weighted by Gasteiger charge is -2.24. The highest BCUT2D eigenvalue weighted by Gasteiger charge is 2.28. The predicted molar refractivity (Wildman–Crippen MR) is 78.7 cm³/mol. The van der Waals surface area contributed by atoms with E-state index in [4.69, 9.17) is 0 Å². The molecule has 1 aliphatic rings. The van der Waals surface area contributed by atoms with Gasteiger partial charge in [0, 0.05) is 24.7 Å². The van der Waals surface area contributed by atoms with E-state index in [-0.39, 0.29) is 17.8 Å². The summed E-state index contributed by atoms with van der Waals surface area (Å²) in [7, 11) is 1.90. The number of likely N-dealkylation sites (N-methyl/N-ethyl adjacent to an activating group) is 1. The third-order valence-corrected chi connectivity index (χ3v) is 3.67. The van der Waals surface area contributed by atoms with Gasteiger partial charge in [0.1, 0.15) is 5.82 Å². The van der Waals surface area contributed by atoms with Crippen LogP contribution in [0.2, 0.25) is 0 Å². The molecule has 1 heterocycles. The summed E-state index contributed by atoms with van der Waals surface area (Å²) in [4.78, 5) is 14.4. The van der Waals surface area contributed by atoms with Crippen LogP contribution in [0.5, 0.6) is 0 Å². The van der Waals surface area contributed by atoms with E-state index < -0.39 is 0 Å². The molecule has 0 aliphatic carbocycles. The Balaban J connectivity index is 2.09. The van der Waals surface area contributed by atoms with Crippen LogP contribution in [0, 0.1) is 5.82 Å². The van der Waals surface area contributed by atoms with Gasteiger partial charge in [-0.25, -0.2) is 4.39 Å². The molecule has 0 aromatic heterocycles. The van der Waals surface area contributed by atoms with E-state index in [9.17, 15) is 9.18 Å². The second-order valence-corrected chi connectivity index (χ2v) is 5.23. The summed E-state index contributed by atoms with van der Waals surface area (Å²) in [6.07, 6.45) is 3.93. The lowest BCUT2D eigenvalue weighted by Crippen LogP contribution is -2.41. The highest BCUT2D eigenvalue weighted by Crippen LogP contribution is 2.20. The minimum atomic E-state index is -0.264. The van der Waals surface area contributed by atoms with Gasteiger partial charge in [-0.1, -0.05) is 12.1 Å². The largest absolute Gasteiger partial charge is 0.335 e. The van der Waals surface area contributed by atoms with E-state index in [2.05, 4.69) is 5.32 Å². The Morgan fingerprint density at radius 1 is 1.45 bits per heavy atom. The number of hydrogen-bond acceptors (Lipinski definition) is 2. The first-order chi connectivity index (χ1) is 9.61. The highest BCUT2D eigenvalue weighted by atomic mass is 19.1. The molecule has 108 valence electrons. The first-order valence-electron chi connectivity index (χ1n) is 7.01. The van der Waals surface area contributed by atoms with Gasteiger partial charge in [-0.15, -0.1) is 0 Å². The number of amides is 1. The van der Waals surface area contributed by atoms with Gasteiger partial charge in [0.25, 0.3) is 0 Å². The molecule has 1 aromatic carbocycles. The van der Waals surface area contributed by atoms with E-state index in [0.717, 1.165) is 31.5 Å². The Morgan fingerprint density at radius 3 is 2.80 bits per heavy atom. The molecular formula is C16H21FN2O. The molecule has 4 heteroatoms. The number of hydrogen-bond donors (Lipinski definition) is 1. The molecule has 1 unspecified atom stereocenters. The molecule has 0 bridgehead atoms. The van der Waals surface area contributed by atoms with Crippen molar-refractivity contribution in [1.29, 1.82) is 0 Å². The predicted octanol–water partition coefficient (Wildman–Crippen LogP) is 2.44. The zero-order valence-corrected chi connectivity index (χ0v) is 12.0. The van der Waals surface area contributed by atoms with Gasteiger partial charge in [-0.05, 0) is 50.6 Å². The fourth-order valence-electron chi connectivity index (χ4n) is 2.65. The van der Waals surface area contributed by atoms with Crippen LogP contribution in [0.1, 0.15) is 25.3 Å². The average Bonchev–Trinajstić information content (AvgIpc) is 2.89. The Labute approximate surface area is 119 Å². The maximum atomic E-state index is 12.9. The van der Waals surface area contributed by atoms with Crippen molar-refractivity contribution < 1.29 is 9.18 Å². The van der Waals surface area contributed by atoms with E-state index in [1.165, 1.54) is 12.1 Å². The Kier molecular flexibility index (Phi) is 4.90. The van der Waals surface area contributed by atoms with Crippen LogP contribution in [0.4, 0.5) is 4.39 Å². The summed E-state index contributed by atoms with van der Waals surface area (Å²) >= 11 is 0. The standard InChI is InChI=1S/C16H21FN2O/c1-12(10-13-5-7-14(17)8-6-13)16(20)19-9-3-4-15(19)11-18-2/h5-8,10,15,18H,3-4,9,11H2,1-2H3. The van der Waals surface area contributed by atoms with Crippen molar-refractivity contribution in [2.45, 2.75) is 25.8 Å². The molecule has 1 aliphatic heterocycles. The SMILES string of the molecule is CNCC1CCCN1C(=O)C(C)=Cc1ccc(F)cc1. The Morgan fingerprint density at radius 2 is 2.15 bits per heavy atom. The van der Waals surface area contributed by atoms with Crippen molar-refractivity contribution in [3.8, 4) is 0 Å². The molecule has 1 N–H and O–H groups in total. The van der Waals surface area contributed by atoms with E-state index in [1.807, 2.05) is 24.9 Å². The fourth-order valence-corrected chi connectivity index (χ4v) is 2.65. The molecular weight excluding hydrogens is 255 g/mol. The number of nitrogens with one attached hydrogen (secondary N) is 1. The van der Waals surface area contributed by atoms with Crippen molar-refractivity contribution in [3.05, 3.63) is 41.2 Å². The third kappa shape index (κ3) is 3.45. The van der Waals surface area contributed by atoms with Crippen LogP contribution >= 0.6 is 0 Å². The lowest BCUT2D eigenvalue weighted by atomic mass is 10.1. The monoisotopic (exact) mass is 276 g/mol. The molecule has 1 fully saturated rings. The van der Waals surface area contributed by atoms with Crippen molar-refractivity contribution >= 4 is 12.0 Å².